The molecule has 1 unspecified atom stereocenters. The molecule has 0 bridgehead atoms. The van der Waals surface area contributed by atoms with Crippen molar-refractivity contribution in [3.63, 3.8) is 0 Å². The number of amides is 1. The highest BCUT2D eigenvalue weighted by Gasteiger charge is 2.31. The quantitative estimate of drug-likeness (QED) is 0.781. The van der Waals surface area contributed by atoms with Crippen molar-refractivity contribution in [2.75, 3.05) is 11.5 Å². The van der Waals surface area contributed by atoms with Crippen LogP contribution in [0.3, 0.4) is 0 Å². The smallest absolute Gasteiger partial charge is 0.345 e. The Morgan fingerprint density at radius 1 is 1.29 bits per heavy atom. The molecule has 24 heavy (non-hydrogen) atoms. The zero-order chi connectivity index (χ0) is 17.3. The van der Waals surface area contributed by atoms with Gasteiger partial charge < -0.3 is 14.6 Å². The zero-order valence-electron chi connectivity index (χ0n) is 12.9. The first-order valence-corrected chi connectivity index (χ1v) is 7.36. The van der Waals surface area contributed by atoms with Crippen LogP contribution in [0.2, 0.25) is 0 Å². The van der Waals surface area contributed by atoms with Crippen LogP contribution < -0.4 is 16.1 Å². The van der Waals surface area contributed by atoms with Crippen LogP contribution in [0.25, 0.3) is 0 Å². The number of aromatic nitrogens is 2. The molecule has 0 spiro atoms. The summed E-state index contributed by atoms with van der Waals surface area (Å²) in [4.78, 5) is 52.4. The number of H-pyrrole nitrogens is 2. The van der Waals surface area contributed by atoms with Gasteiger partial charge in [0, 0.05) is 17.9 Å². The molecule has 0 fully saturated rings. The van der Waals surface area contributed by atoms with Gasteiger partial charge in [0.1, 0.15) is 5.56 Å². The average molecular weight is 329 g/mol. The molecule has 1 aromatic heterocycles. The van der Waals surface area contributed by atoms with Gasteiger partial charge >= 0.3 is 11.7 Å². The predicted molar refractivity (Wildman–Crippen MR) is 85.1 cm³/mol. The summed E-state index contributed by atoms with van der Waals surface area (Å²) in [5.74, 6) is -1.34. The Morgan fingerprint density at radius 3 is 2.79 bits per heavy atom. The Morgan fingerprint density at radius 2 is 2.04 bits per heavy atom. The molecule has 0 radical (unpaired) electrons. The summed E-state index contributed by atoms with van der Waals surface area (Å²) in [5, 5.41) is 0. The standard InChI is InChI=1S/C16H15N3O5/c1-9-6-10-4-2-3-5-12(10)19(9)13(20)8-24-15(22)11-7-17-16(23)18-14(11)21/h2-5,7,9H,6,8H2,1H3,(H2,17,18,21,23). The lowest BCUT2D eigenvalue weighted by Crippen LogP contribution is -2.39. The number of anilines is 1. The summed E-state index contributed by atoms with van der Waals surface area (Å²) in [6.07, 6.45) is 1.69. The highest BCUT2D eigenvalue weighted by Crippen LogP contribution is 2.31. The molecule has 2 heterocycles. The Kier molecular flexibility index (Phi) is 4.03. The zero-order valence-corrected chi connectivity index (χ0v) is 12.9. The molecule has 3 rings (SSSR count). The summed E-state index contributed by atoms with van der Waals surface area (Å²) in [6.45, 7) is 1.42. The van der Waals surface area contributed by atoms with Crippen molar-refractivity contribution in [3.05, 3.63) is 62.4 Å². The van der Waals surface area contributed by atoms with E-state index in [1.807, 2.05) is 36.2 Å². The number of ether oxygens (including phenoxy) is 1. The van der Waals surface area contributed by atoms with E-state index in [2.05, 4.69) is 4.98 Å². The topological polar surface area (TPSA) is 112 Å². The average Bonchev–Trinajstić information content (AvgIpc) is 2.88. The summed E-state index contributed by atoms with van der Waals surface area (Å²) in [6, 6.07) is 7.49. The van der Waals surface area contributed by atoms with E-state index in [0.29, 0.717) is 0 Å². The van der Waals surface area contributed by atoms with Crippen molar-refractivity contribution in [1.29, 1.82) is 0 Å². The van der Waals surface area contributed by atoms with Gasteiger partial charge in [0.25, 0.3) is 11.5 Å². The van der Waals surface area contributed by atoms with Crippen LogP contribution in [0, 0.1) is 0 Å². The first kappa shape index (κ1) is 15.7. The SMILES string of the molecule is CC1Cc2ccccc2N1C(=O)COC(=O)c1c[nH]c(=O)[nH]c1=O. The largest absolute Gasteiger partial charge is 0.452 e. The van der Waals surface area contributed by atoms with Gasteiger partial charge in [-0.3, -0.25) is 14.6 Å². The monoisotopic (exact) mass is 329 g/mol. The van der Waals surface area contributed by atoms with E-state index in [4.69, 9.17) is 4.74 Å². The van der Waals surface area contributed by atoms with Gasteiger partial charge in [-0.1, -0.05) is 18.2 Å². The number of nitrogens with zero attached hydrogens (tertiary/aromatic N) is 1. The van der Waals surface area contributed by atoms with Crippen LogP contribution in [-0.4, -0.2) is 34.5 Å². The van der Waals surface area contributed by atoms with Crippen molar-refractivity contribution in [1.82, 2.24) is 9.97 Å². The van der Waals surface area contributed by atoms with Crippen molar-refractivity contribution < 1.29 is 14.3 Å². The lowest BCUT2D eigenvalue weighted by atomic mass is 10.1. The molecule has 0 saturated carbocycles. The minimum Gasteiger partial charge on any atom is -0.452 e. The lowest BCUT2D eigenvalue weighted by molar-refractivity contribution is -0.122. The maximum atomic E-state index is 12.4. The third-order valence-corrected chi connectivity index (χ3v) is 3.84. The molecule has 1 aliphatic rings. The first-order chi connectivity index (χ1) is 11.5. The molecule has 8 heteroatoms. The number of nitrogens with one attached hydrogen (secondary N) is 2. The number of hydrogen-bond acceptors (Lipinski definition) is 5. The van der Waals surface area contributed by atoms with Crippen molar-refractivity contribution in [3.8, 4) is 0 Å². The van der Waals surface area contributed by atoms with Crippen LogP contribution in [0.5, 0.6) is 0 Å². The summed E-state index contributed by atoms with van der Waals surface area (Å²) in [7, 11) is 0. The Labute approximate surface area is 136 Å². The van der Waals surface area contributed by atoms with Gasteiger partial charge in [0.2, 0.25) is 0 Å². The number of carbonyl (C=O) groups is 2. The van der Waals surface area contributed by atoms with Gasteiger partial charge in [0.15, 0.2) is 6.61 Å². The molecule has 1 amide bonds. The molecule has 1 aromatic carbocycles. The number of aromatic amines is 2. The van der Waals surface area contributed by atoms with E-state index < -0.39 is 23.8 Å². The molecule has 2 aromatic rings. The number of benzene rings is 1. The fourth-order valence-electron chi connectivity index (χ4n) is 2.78. The molecule has 1 aliphatic heterocycles. The second-order valence-corrected chi connectivity index (χ2v) is 5.51. The Balaban J connectivity index is 1.71. The number of esters is 1. The van der Waals surface area contributed by atoms with E-state index in [0.717, 1.165) is 23.9 Å². The van der Waals surface area contributed by atoms with Gasteiger partial charge in [-0.2, -0.15) is 0 Å². The number of hydrogen-bond donors (Lipinski definition) is 2. The third kappa shape index (κ3) is 2.85. The maximum Gasteiger partial charge on any atom is 0.345 e. The normalized spacial score (nSPS) is 15.9. The van der Waals surface area contributed by atoms with Crippen LogP contribution in [0.4, 0.5) is 5.69 Å². The van der Waals surface area contributed by atoms with Crippen LogP contribution >= 0.6 is 0 Å². The lowest BCUT2D eigenvalue weighted by Gasteiger charge is -2.22. The first-order valence-electron chi connectivity index (χ1n) is 7.36. The van der Waals surface area contributed by atoms with E-state index in [9.17, 15) is 19.2 Å². The fourth-order valence-corrected chi connectivity index (χ4v) is 2.78. The highest BCUT2D eigenvalue weighted by molar-refractivity contribution is 5.98. The fraction of sp³-hybridized carbons (Fsp3) is 0.250. The van der Waals surface area contributed by atoms with E-state index in [1.165, 1.54) is 0 Å². The number of carbonyl (C=O) groups excluding carboxylic acids is 2. The number of fused-ring (bicyclic) bond motifs is 1. The van der Waals surface area contributed by atoms with Gasteiger partial charge in [-0.15, -0.1) is 0 Å². The van der Waals surface area contributed by atoms with E-state index >= 15 is 0 Å². The van der Waals surface area contributed by atoms with Gasteiger partial charge in [0.05, 0.1) is 0 Å². The van der Waals surface area contributed by atoms with Crippen LogP contribution in [0.1, 0.15) is 22.8 Å². The number of rotatable bonds is 3. The molecule has 0 aliphatic carbocycles. The Hall–Kier alpha value is -3.16. The molecule has 124 valence electrons. The summed E-state index contributed by atoms with van der Waals surface area (Å²) >= 11 is 0. The predicted octanol–water partition coefficient (Wildman–Crippen LogP) is 0.198. The van der Waals surface area contributed by atoms with Crippen molar-refractivity contribution in [2.24, 2.45) is 0 Å². The second-order valence-electron chi connectivity index (χ2n) is 5.51. The third-order valence-electron chi connectivity index (χ3n) is 3.84. The summed E-state index contributed by atoms with van der Waals surface area (Å²) < 4.78 is 4.91. The van der Waals surface area contributed by atoms with Crippen LogP contribution in [0.15, 0.2) is 40.1 Å². The summed E-state index contributed by atoms with van der Waals surface area (Å²) in [5.41, 5.74) is -0.0989. The van der Waals surface area contributed by atoms with Gasteiger partial charge in [-0.05, 0) is 25.0 Å². The molecule has 0 saturated heterocycles. The van der Waals surface area contributed by atoms with Gasteiger partial charge in [-0.25, -0.2) is 9.59 Å². The Bertz CT molecular complexity index is 914. The molecular weight excluding hydrogens is 314 g/mol. The molecular formula is C16H15N3O5. The van der Waals surface area contributed by atoms with E-state index in [1.54, 1.807) is 4.90 Å². The molecule has 8 nitrogen and oxygen atoms in total. The maximum absolute atomic E-state index is 12.4. The minimum absolute atomic E-state index is 0.0370. The second kappa shape index (κ2) is 6.15. The molecule has 1 atom stereocenters. The minimum atomic E-state index is -0.971. The van der Waals surface area contributed by atoms with Crippen molar-refractivity contribution >= 4 is 17.6 Å². The van der Waals surface area contributed by atoms with Crippen molar-refractivity contribution in [2.45, 2.75) is 19.4 Å². The van der Waals surface area contributed by atoms with E-state index in [-0.39, 0.29) is 17.5 Å². The molecule has 2 N–H and O–H groups in total. The van der Waals surface area contributed by atoms with Crippen LogP contribution in [-0.2, 0) is 16.0 Å². The number of para-hydroxylation sites is 1. The highest BCUT2D eigenvalue weighted by atomic mass is 16.5.